The molecule has 0 saturated carbocycles. The maximum Gasteiger partial charge on any atom is 0.416 e. The first-order valence-electron chi connectivity index (χ1n) is 5.33. The van der Waals surface area contributed by atoms with Crippen molar-refractivity contribution in [2.45, 2.75) is 6.18 Å². The van der Waals surface area contributed by atoms with E-state index >= 15 is 0 Å². The third-order valence-corrected chi connectivity index (χ3v) is 3.31. The number of hydrogen-bond donors (Lipinski definition) is 2. The second-order valence-electron chi connectivity index (χ2n) is 3.81. The van der Waals surface area contributed by atoms with Gasteiger partial charge in [0.25, 0.3) is 0 Å². The number of halogens is 5. The molecule has 0 atom stereocenters. The van der Waals surface area contributed by atoms with Crippen LogP contribution in [-0.4, -0.2) is 11.2 Å². The van der Waals surface area contributed by atoms with Crippen molar-refractivity contribution in [1.29, 1.82) is 0 Å². The van der Waals surface area contributed by atoms with E-state index in [2.05, 4.69) is 15.5 Å². The molecule has 4 nitrogen and oxygen atoms in total. The molecule has 1 aromatic heterocycles. The number of nitrogens with zero attached hydrogens (tertiary/aromatic N) is 2. The topological polar surface area (TPSA) is 63.3 Å². The summed E-state index contributed by atoms with van der Waals surface area (Å²) in [6.07, 6.45) is -3.74. The Morgan fingerprint density at radius 3 is 2.67 bits per heavy atom. The van der Waals surface area contributed by atoms with E-state index in [1.54, 1.807) is 5.38 Å². The monoisotopic (exact) mass is 338 g/mol. The fourth-order valence-electron chi connectivity index (χ4n) is 1.36. The molecule has 0 spiro atoms. The lowest BCUT2D eigenvalue weighted by Gasteiger charge is -2.09. The Balaban J connectivity index is 2.24. The van der Waals surface area contributed by atoms with Crippen molar-refractivity contribution in [1.82, 2.24) is 4.98 Å². The first-order chi connectivity index (χ1) is 9.77. The van der Waals surface area contributed by atoms with Crippen LogP contribution in [0.5, 0.6) is 0 Å². The molecule has 21 heavy (non-hydrogen) atoms. The van der Waals surface area contributed by atoms with Gasteiger partial charge in [0, 0.05) is 10.9 Å². The lowest BCUT2D eigenvalue weighted by molar-refractivity contribution is -0.137. The minimum Gasteiger partial charge on any atom is -0.383 e. The number of hydrazone groups is 1. The van der Waals surface area contributed by atoms with E-state index in [1.165, 1.54) is 0 Å². The number of nitrogens with one attached hydrogen (secondary N) is 1. The summed E-state index contributed by atoms with van der Waals surface area (Å²) in [5, 5.41) is 4.83. The second kappa shape index (κ2) is 5.86. The largest absolute Gasteiger partial charge is 0.416 e. The number of nitrogens with two attached hydrogens (primary N) is 1. The fourth-order valence-corrected chi connectivity index (χ4v) is 2.14. The van der Waals surface area contributed by atoms with Crippen LogP contribution in [-0.2, 0) is 6.18 Å². The van der Waals surface area contributed by atoms with Gasteiger partial charge in [-0.3, -0.25) is 5.43 Å². The molecule has 0 aliphatic rings. The van der Waals surface area contributed by atoms with Gasteiger partial charge in [-0.25, -0.2) is 9.37 Å². The van der Waals surface area contributed by atoms with Gasteiger partial charge < -0.3 is 5.73 Å². The zero-order chi connectivity index (χ0) is 15.6. The molecule has 0 aliphatic heterocycles. The highest BCUT2D eigenvalue weighted by Gasteiger charge is 2.32. The number of alkyl halides is 3. The minimum atomic E-state index is -4.63. The van der Waals surface area contributed by atoms with E-state index in [4.69, 9.17) is 17.3 Å². The zero-order valence-corrected chi connectivity index (χ0v) is 11.7. The molecule has 0 amide bonds. The zero-order valence-electron chi connectivity index (χ0n) is 10.1. The van der Waals surface area contributed by atoms with E-state index in [9.17, 15) is 17.6 Å². The standard InChI is InChI=1S/C11H7ClF4N4S/c12-7-2-6(11(14,15)16)1-5(9(7)13)3-18-20-10-19-8(17)4-21-10/h1-4H,17H2,(H,19,20). The van der Waals surface area contributed by atoms with Crippen LogP contribution in [0.1, 0.15) is 11.1 Å². The number of rotatable bonds is 3. The third kappa shape index (κ3) is 3.82. The van der Waals surface area contributed by atoms with Gasteiger partial charge in [-0.2, -0.15) is 18.3 Å². The van der Waals surface area contributed by atoms with Crippen molar-refractivity contribution in [3.05, 3.63) is 39.5 Å². The maximum atomic E-state index is 13.6. The molecular weight excluding hydrogens is 332 g/mol. The summed E-state index contributed by atoms with van der Waals surface area (Å²) in [5.74, 6) is -0.722. The van der Waals surface area contributed by atoms with Crippen molar-refractivity contribution in [3.8, 4) is 0 Å². The Morgan fingerprint density at radius 1 is 1.38 bits per heavy atom. The first-order valence-corrected chi connectivity index (χ1v) is 6.59. The Morgan fingerprint density at radius 2 is 2.10 bits per heavy atom. The fraction of sp³-hybridized carbons (Fsp3) is 0.0909. The van der Waals surface area contributed by atoms with Crippen molar-refractivity contribution < 1.29 is 17.6 Å². The summed E-state index contributed by atoms with van der Waals surface area (Å²) in [4.78, 5) is 3.81. The predicted octanol–water partition coefficient (Wildman–Crippen LogP) is 3.98. The highest BCUT2D eigenvalue weighted by molar-refractivity contribution is 7.14. The number of thiazole rings is 1. The number of hydrogen-bond acceptors (Lipinski definition) is 5. The van der Waals surface area contributed by atoms with Crippen LogP contribution in [0.3, 0.4) is 0 Å². The summed E-state index contributed by atoms with van der Waals surface area (Å²) < 4.78 is 51.5. The van der Waals surface area contributed by atoms with Gasteiger partial charge >= 0.3 is 6.18 Å². The Kier molecular flexibility index (Phi) is 4.33. The normalized spacial score (nSPS) is 12.0. The lowest BCUT2D eigenvalue weighted by Crippen LogP contribution is -2.07. The van der Waals surface area contributed by atoms with Crippen LogP contribution in [0.4, 0.5) is 28.5 Å². The summed E-state index contributed by atoms with van der Waals surface area (Å²) >= 11 is 6.58. The van der Waals surface area contributed by atoms with E-state index < -0.39 is 28.1 Å². The average Bonchev–Trinajstić information content (AvgIpc) is 2.79. The number of nitrogen functional groups attached to an aromatic ring is 1. The molecule has 2 rings (SSSR count). The average molecular weight is 339 g/mol. The molecule has 10 heteroatoms. The van der Waals surface area contributed by atoms with Gasteiger partial charge in [0.15, 0.2) is 5.82 Å². The van der Waals surface area contributed by atoms with Crippen molar-refractivity contribution >= 4 is 40.1 Å². The SMILES string of the molecule is Nc1csc(NN=Cc2cc(C(F)(F)F)cc(Cl)c2F)n1. The summed E-state index contributed by atoms with van der Waals surface area (Å²) in [6.45, 7) is 0. The van der Waals surface area contributed by atoms with Crippen LogP contribution in [0.15, 0.2) is 22.6 Å². The molecule has 0 aliphatic carbocycles. The van der Waals surface area contributed by atoms with E-state index in [-0.39, 0.29) is 5.82 Å². The molecular formula is C11H7ClF4N4S. The highest BCUT2D eigenvalue weighted by atomic mass is 35.5. The predicted molar refractivity (Wildman–Crippen MR) is 74.2 cm³/mol. The molecule has 0 saturated heterocycles. The van der Waals surface area contributed by atoms with Crippen LogP contribution in [0.2, 0.25) is 5.02 Å². The number of benzene rings is 1. The molecule has 0 bridgehead atoms. The molecule has 0 fully saturated rings. The molecule has 0 radical (unpaired) electrons. The van der Waals surface area contributed by atoms with Crippen LogP contribution < -0.4 is 11.2 Å². The summed E-state index contributed by atoms with van der Waals surface area (Å²) in [5.41, 5.74) is 6.35. The number of anilines is 2. The van der Waals surface area contributed by atoms with Gasteiger partial charge in [0.2, 0.25) is 5.13 Å². The van der Waals surface area contributed by atoms with E-state index in [0.717, 1.165) is 17.6 Å². The number of aromatic nitrogens is 1. The van der Waals surface area contributed by atoms with Crippen LogP contribution in [0, 0.1) is 5.82 Å². The Labute approximate surface area is 125 Å². The Hall–Kier alpha value is -1.87. The Bertz CT molecular complexity index is 683. The first kappa shape index (κ1) is 15.5. The van der Waals surface area contributed by atoms with Gasteiger partial charge in [0.1, 0.15) is 5.82 Å². The maximum absolute atomic E-state index is 13.6. The molecule has 1 heterocycles. The van der Waals surface area contributed by atoms with E-state index in [1.807, 2.05) is 0 Å². The molecule has 3 N–H and O–H groups in total. The molecule has 112 valence electrons. The molecule has 1 aromatic carbocycles. The van der Waals surface area contributed by atoms with Crippen LogP contribution in [0.25, 0.3) is 0 Å². The lowest BCUT2D eigenvalue weighted by atomic mass is 10.1. The van der Waals surface area contributed by atoms with Crippen molar-refractivity contribution in [2.24, 2.45) is 5.10 Å². The molecule has 0 unspecified atom stereocenters. The van der Waals surface area contributed by atoms with Gasteiger partial charge in [-0.1, -0.05) is 11.6 Å². The second-order valence-corrected chi connectivity index (χ2v) is 5.07. The smallest absolute Gasteiger partial charge is 0.383 e. The highest BCUT2D eigenvalue weighted by Crippen LogP contribution is 2.33. The summed E-state index contributed by atoms with van der Waals surface area (Å²) in [7, 11) is 0. The van der Waals surface area contributed by atoms with Gasteiger partial charge in [-0.15, -0.1) is 11.3 Å². The van der Waals surface area contributed by atoms with Crippen molar-refractivity contribution in [2.75, 3.05) is 11.2 Å². The third-order valence-electron chi connectivity index (χ3n) is 2.27. The van der Waals surface area contributed by atoms with Gasteiger partial charge in [-0.05, 0) is 12.1 Å². The van der Waals surface area contributed by atoms with Crippen molar-refractivity contribution in [3.63, 3.8) is 0 Å². The van der Waals surface area contributed by atoms with Crippen LogP contribution >= 0.6 is 22.9 Å². The van der Waals surface area contributed by atoms with E-state index in [0.29, 0.717) is 17.3 Å². The minimum absolute atomic E-state index is 0.269. The quantitative estimate of drug-likeness (QED) is 0.505. The molecule has 2 aromatic rings. The van der Waals surface area contributed by atoms with Gasteiger partial charge in [0.05, 0.1) is 16.8 Å². The summed E-state index contributed by atoms with van der Waals surface area (Å²) in [6, 6.07) is 1.13.